The number of pyridine rings is 1. The minimum Gasteiger partial charge on any atom is -0.273 e. The Labute approximate surface area is 111 Å². The third-order valence-electron chi connectivity index (χ3n) is 2.52. The van der Waals surface area contributed by atoms with E-state index in [0.29, 0.717) is 5.92 Å². The Balaban J connectivity index is 0.000000321. The summed E-state index contributed by atoms with van der Waals surface area (Å²) in [5, 5.41) is 0. The molecule has 2 heteroatoms. The Morgan fingerprint density at radius 1 is 1.50 bits per heavy atom. The molecule has 1 heterocycles. The summed E-state index contributed by atoms with van der Waals surface area (Å²) in [5.74, 6) is 0.596. The maximum atomic E-state index is 4.01. The average molecular weight is 244 g/mol. The number of hydrogen-bond acceptors (Lipinski definition) is 2. The quantitative estimate of drug-likeness (QED) is 0.553. The maximum absolute atomic E-state index is 4.01. The number of hydrogen-bond donors (Lipinski definition) is 0. The molecule has 0 spiro atoms. The van der Waals surface area contributed by atoms with Gasteiger partial charge in [0.2, 0.25) is 0 Å². The molecular weight excluding hydrogens is 220 g/mol. The highest BCUT2D eigenvalue weighted by atomic mass is 14.6. The number of aromatic nitrogens is 1. The molecule has 18 heavy (non-hydrogen) atoms. The zero-order chi connectivity index (χ0) is 13.8. The molecule has 0 bridgehead atoms. The number of nitrogens with zero attached hydrogens (tertiary/aromatic N) is 2. The summed E-state index contributed by atoms with van der Waals surface area (Å²) < 4.78 is 0. The lowest BCUT2D eigenvalue weighted by atomic mass is 10.1. The van der Waals surface area contributed by atoms with Gasteiger partial charge in [0.15, 0.2) is 0 Å². The lowest BCUT2D eigenvalue weighted by Gasteiger charge is -2.00. The van der Waals surface area contributed by atoms with E-state index in [9.17, 15) is 0 Å². The highest BCUT2D eigenvalue weighted by Gasteiger charge is 1.94. The molecule has 0 N–H and O–H groups in total. The lowest BCUT2D eigenvalue weighted by molar-refractivity contribution is 0.858. The zero-order valence-corrected chi connectivity index (χ0v) is 11.9. The van der Waals surface area contributed by atoms with Crippen molar-refractivity contribution in [3.8, 4) is 0 Å². The van der Waals surface area contributed by atoms with E-state index in [1.165, 1.54) is 11.1 Å². The molecular formula is C16H24N2. The fourth-order valence-corrected chi connectivity index (χ4v) is 1.28. The van der Waals surface area contributed by atoms with Crippen LogP contribution in [-0.2, 0) is 0 Å². The van der Waals surface area contributed by atoms with Crippen molar-refractivity contribution in [2.45, 2.75) is 40.0 Å². The Kier molecular flexibility index (Phi) is 9.47. The largest absolute Gasteiger partial charge is 0.273 e. The van der Waals surface area contributed by atoms with Crippen molar-refractivity contribution in [2.24, 2.45) is 4.99 Å². The van der Waals surface area contributed by atoms with Gasteiger partial charge in [-0.1, -0.05) is 38.5 Å². The van der Waals surface area contributed by atoms with Crippen molar-refractivity contribution in [2.75, 3.05) is 0 Å². The lowest BCUT2D eigenvalue weighted by Crippen LogP contribution is -1.85. The molecule has 0 atom stereocenters. The van der Waals surface area contributed by atoms with Gasteiger partial charge in [-0.05, 0) is 43.7 Å². The summed E-state index contributed by atoms with van der Waals surface area (Å²) in [5.41, 5.74) is 2.60. The molecule has 0 amide bonds. The van der Waals surface area contributed by atoms with Gasteiger partial charge >= 0.3 is 0 Å². The van der Waals surface area contributed by atoms with Gasteiger partial charge < -0.3 is 0 Å². The van der Waals surface area contributed by atoms with Crippen LogP contribution in [0.2, 0.25) is 0 Å². The van der Waals surface area contributed by atoms with E-state index in [1.807, 2.05) is 25.3 Å². The van der Waals surface area contributed by atoms with Gasteiger partial charge in [0.25, 0.3) is 0 Å². The standard InChI is InChI=1S/C8H11N.C8H13N/c1-7(2)8-4-3-5-9-6-8;1-4-8(5-2)6-7-9-3/h3-7H,1-2H3;4,6-7H,3,5H2,1-2H3/b;7-6-,8-4-. The van der Waals surface area contributed by atoms with Crippen LogP contribution in [0.4, 0.5) is 0 Å². The van der Waals surface area contributed by atoms with Gasteiger partial charge in [0.05, 0.1) is 0 Å². The van der Waals surface area contributed by atoms with E-state index >= 15 is 0 Å². The molecule has 98 valence electrons. The molecule has 0 aliphatic rings. The predicted octanol–water partition coefficient (Wildman–Crippen LogP) is 4.76. The Bertz CT molecular complexity index is 375. The fourth-order valence-electron chi connectivity index (χ4n) is 1.28. The van der Waals surface area contributed by atoms with Crippen LogP contribution in [0, 0.1) is 0 Å². The van der Waals surface area contributed by atoms with Crippen LogP contribution in [0.25, 0.3) is 0 Å². The molecule has 0 aromatic carbocycles. The minimum atomic E-state index is 0.596. The first kappa shape index (κ1) is 16.3. The molecule has 0 aliphatic heterocycles. The van der Waals surface area contributed by atoms with Crippen molar-refractivity contribution >= 4 is 6.72 Å². The summed E-state index contributed by atoms with van der Waals surface area (Å²) in [4.78, 5) is 7.61. The summed E-state index contributed by atoms with van der Waals surface area (Å²) in [6, 6.07) is 4.06. The highest BCUT2D eigenvalue weighted by Crippen LogP contribution is 2.10. The average Bonchev–Trinajstić information content (AvgIpc) is 2.42. The topological polar surface area (TPSA) is 25.2 Å². The van der Waals surface area contributed by atoms with Crippen LogP contribution in [0.15, 0.2) is 53.4 Å². The summed E-state index contributed by atoms with van der Waals surface area (Å²) >= 11 is 0. The fraction of sp³-hybridized carbons (Fsp3) is 0.375. The Morgan fingerprint density at radius 3 is 2.56 bits per heavy atom. The van der Waals surface area contributed by atoms with Gasteiger partial charge in [-0.2, -0.15) is 0 Å². The van der Waals surface area contributed by atoms with E-state index in [0.717, 1.165) is 6.42 Å². The van der Waals surface area contributed by atoms with Crippen LogP contribution < -0.4 is 0 Å². The Hall–Kier alpha value is -1.70. The van der Waals surface area contributed by atoms with E-state index < -0.39 is 0 Å². The second-order valence-electron chi connectivity index (χ2n) is 4.16. The Morgan fingerprint density at radius 2 is 2.22 bits per heavy atom. The molecule has 2 nitrogen and oxygen atoms in total. The minimum absolute atomic E-state index is 0.596. The number of allylic oxidation sites excluding steroid dienone is 3. The molecule has 0 radical (unpaired) electrons. The second kappa shape index (κ2) is 10.5. The van der Waals surface area contributed by atoms with Gasteiger partial charge in [0.1, 0.15) is 0 Å². The van der Waals surface area contributed by atoms with Crippen molar-refractivity contribution in [1.29, 1.82) is 0 Å². The SMILES string of the molecule is C=N/C=C\C(=C/C)CC.CC(C)c1cccnc1. The molecule has 0 saturated carbocycles. The molecule has 0 saturated heterocycles. The predicted molar refractivity (Wildman–Crippen MR) is 81.1 cm³/mol. The summed E-state index contributed by atoms with van der Waals surface area (Å²) in [6.45, 7) is 11.8. The molecule has 0 aliphatic carbocycles. The molecule has 0 unspecified atom stereocenters. The highest BCUT2D eigenvalue weighted by molar-refractivity contribution is 5.27. The number of aliphatic imine (C=N–C) groups is 1. The second-order valence-corrected chi connectivity index (χ2v) is 4.16. The van der Waals surface area contributed by atoms with Crippen LogP contribution in [-0.4, -0.2) is 11.7 Å². The van der Waals surface area contributed by atoms with Gasteiger partial charge in [-0.3, -0.25) is 9.98 Å². The molecule has 0 fully saturated rings. The first-order valence-electron chi connectivity index (χ1n) is 6.33. The molecule has 1 aromatic rings. The van der Waals surface area contributed by atoms with Crippen LogP contribution in [0.5, 0.6) is 0 Å². The van der Waals surface area contributed by atoms with E-state index in [2.05, 4.69) is 49.6 Å². The van der Waals surface area contributed by atoms with Crippen LogP contribution >= 0.6 is 0 Å². The smallest absolute Gasteiger partial charge is 0.0302 e. The van der Waals surface area contributed by atoms with Gasteiger partial charge in [-0.25, -0.2) is 0 Å². The van der Waals surface area contributed by atoms with Crippen LogP contribution in [0.3, 0.4) is 0 Å². The summed E-state index contributed by atoms with van der Waals surface area (Å²) in [7, 11) is 0. The van der Waals surface area contributed by atoms with Crippen LogP contribution in [0.1, 0.15) is 45.6 Å². The number of rotatable bonds is 4. The van der Waals surface area contributed by atoms with E-state index in [4.69, 9.17) is 0 Å². The van der Waals surface area contributed by atoms with Crippen molar-refractivity contribution < 1.29 is 0 Å². The molecule has 1 rings (SSSR count). The molecule has 1 aromatic heterocycles. The zero-order valence-electron chi connectivity index (χ0n) is 11.9. The third-order valence-corrected chi connectivity index (χ3v) is 2.52. The van der Waals surface area contributed by atoms with Gasteiger partial charge in [0, 0.05) is 18.6 Å². The van der Waals surface area contributed by atoms with E-state index in [-0.39, 0.29) is 0 Å². The normalized spacial score (nSPS) is 11.3. The first-order chi connectivity index (χ1) is 8.65. The van der Waals surface area contributed by atoms with E-state index in [1.54, 1.807) is 12.4 Å². The van der Waals surface area contributed by atoms with Crippen molar-refractivity contribution in [3.05, 3.63) is 54.0 Å². The maximum Gasteiger partial charge on any atom is 0.0302 e. The first-order valence-corrected chi connectivity index (χ1v) is 6.33. The van der Waals surface area contributed by atoms with Crippen molar-refractivity contribution in [3.63, 3.8) is 0 Å². The van der Waals surface area contributed by atoms with Crippen molar-refractivity contribution in [1.82, 2.24) is 4.98 Å². The monoisotopic (exact) mass is 244 g/mol. The summed E-state index contributed by atoms with van der Waals surface area (Å²) in [6.07, 6.45) is 10.5. The third kappa shape index (κ3) is 7.55. The van der Waals surface area contributed by atoms with Gasteiger partial charge in [-0.15, -0.1) is 0 Å².